The van der Waals surface area contributed by atoms with E-state index in [9.17, 15) is 14.4 Å². The summed E-state index contributed by atoms with van der Waals surface area (Å²) in [5.74, 6) is -0.904. The van der Waals surface area contributed by atoms with Crippen LogP contribution in [0.3, 0.4) is 0 Å². The van der Waals surface area contributed by atoms with Gasteiger partial charge in [-0.3, -0.25) is 19.3 Å². The molecule has 6 heteroatoms. The van der Waals surface area contributed by atoms with Crippen molar-refractivity contribution in [2.75, 3.05) is 25.5 Å². The maximum Gasteiger partial charge on any atom is 0.261 e. The number of imide groups is 1. The Morgan fingerprint density at radius 2 is 2.00 bits per heavy atom. The lowest BCUT2D eigenvalue weighted by molar-refractivity contribution is -0.115. The second-order valence-corrected chi connectivity index (χ2v) is 4.40. The summed E-state index contributed by atoms with van der Waals surface area (Å²) in [4.78, 5) is 36.2. The number of hydrogen-bond acceptors (Lipinski definition) is 4. The molecule has 20 heavy (non-hydrogen) atoms. The molecular weight excluding hydrogens is 258 g/mol. The number of benzene rings is 1. The standard InChI is InChI=1S/C14H15N3O3/c1-3-6-15-8-12(18)16-9-4-5-10-11(7-9)14(20)17(2)13(10)19/h3-5,7,15H,1,6,8H2,2H3,(H,16,18). The molecule has 1 aromatic rings. The third kappa shape index (κ3) is 2.60. The fourth-order valence-corrected chi connectivity index (χ4v) is 1.93. The Balaban J connectivity index is 2.09. The van der Waals surface area contributed by atoms with Gasteiger partial charge in [-0.1, -0.05) is 6.08 Å². The van der Waals surface area contributed by atoms with Crippen LogP contribution in [0.5, 0.6) is 0 Å². The average molecular weight is 273 g/mol. The topological polar surface area (TPSA) is 78.5 Å². The molecule has 2 N–H and O–H groups in total. The third-order valence-electron chi connectivity index (χ3n) is 2.95. The van der Waals surface area contributed by atoms with Gasteiger partial charge in [0, 0.05) is 19.3 Å². The molecule has 0 aromatic heterocycles. The van der Waals surface area contributed by atoms with E-state index in [1.54, 1.807) is 18.2 Å². The zero-order chi connectivity index (χ0) is 14.7. The van der Waals surface area contributed by atoms with Crippen LogP contribution in [0.2, 0.25) is 0 Å². The van der Waals surface area contributed by atoms with Gasteiger partial charge in [-0.15, -0.1) is 6.58 Å². The van der Waals surface area contributed by atoms with Crippen molar-refractivity contribution in [1.82, 2.24) is 10.2 Å². The molecule has 1 aromatic carbocycles. The Morgan fingerprint density at radius 3 is 2.70 bits per heavy atom. The van der Waals surface area contributed by atoms with Crippen molar-refractivity contribution in [3.05, 3.63) is 42.0 Å². The van der Waals surface area contributed by atoms with Crippen molar-refractivity contribution in [2.24, 2.45) is 0 Å². The lowest BCUT2D eigenvalue weighted by atomic mass is 10.1. The minimum atomic E-state index is -0.356. The summed E-state index contributed by atoms with van der Waals surface area (Å²) in [6.07, 6.45) is 1.66. The van der Waals surface area contributed by atoms with E-state index in [2.05, 4.69) is 17.2 Å². The van der Waals surface area contributed by atoms with Crippen LogP contribution in [0.4, 0.5) is 5.69 Å². The van der Waals surface area contributed by atoms with Crippen molar-refractivity contribution in [1.29, 1.82) is 0 Å². The van der Waals surface area contributed by atoms with Crippen LogP contribution in [-0.4, -0.2) is 42.8 Å². The third-order valence-corrected chi connectivity index (χ3v) is 2.95. The first-order valence-corrected chi connectivity index (χ1v) is 6.12. The predicted octanol–water partition coefficient (Wildman–Crippen LogP) is 0.626. The number of fused-ring (bicyclic) bond motifs is 1. The van der Waals surface area contributed by atoms with Gasteiger partial charge in [0.2, 0.25) is 5.91 Å². The number of nitrogens with one attached hydrogen (secondary N) is 2. The lowest BCUT2D eigenvalue weighted by Gasteiger charge is -2.06. The molecule has 2 rings (SSSR count). The molecule has 3 amide bonds. The Labute approximate surface area is 116 Å². The largest absolute Gasteiger partial charge is 0.325 e. The van der Waals surface area contributed by atoms with Crippen LogP contribution in [0.15, 0.2) is 30.9 Å². The fourth-order valence-electron chi connectivity index (χ4n) is 1.93. The molecule has 0 saturated carbocycles. The van der Waals surface area contributed by atoms with Crippen molar-refractivity contribution >= 4 is 23.4 Å². The molecule has 0 saturated heterocycles. The van der Waals surface area contributed by atoms with Crippen molar-refractivity contribution < 1.29 is 14.4 Å². The predicted molar refractivity (Wildman–Crippen MR) is 74.6 cm³/mol. The van der Waals surface area contributed by atoms with Gasteiger partial charge >= 0.3 is 0 Å². The van der Waals surface area contributed by atoms with Crippen molar-refractivity contribution in [3.63, 3.8) is 0 Å². The van der Waals surface area contributed by atoms with Gasteiger partial charge < -0.3 is 10.6 Å². The van der Waals surface area contributed by atoms with Crippen LogP contribution in [0, 0.1) is 0 Å². The normalized spacial score (nSPS) is 13.3. The Hall–Kier alpha value is -2.47. The summed E-state index contributed by atoms with van der Waals surface area (Å²) in [6.45, 7) is 4.22. The smallest absolute Gasteiger partial charge is 0.261 e. The maximum atomic E-state index is 11.8. The molecule has 0 radical (unpaired) electrons. The van der Waals surface area contributed by atoms with E-state index in [4.69, 9.17) is 0 Å². The molecule has 1 aliphatic heterocycles. The highest BCUT2D eigenvalue weighted by Gasteiger charge is 2.32. The van der Waals surface area contributed by atoms with Gasteiger partial charge in [0.15, 0.2) is 0 Å². The van der Waals surface area contributed by atoms with Crippen molar-refractivity contribution in [3.8, 4) is 0 Å². The molecular formula is C14H15N3O3. The number of carbonyl (C=O) groups excluding carboxylic acids is 3. The first-order valence-electron chi connectivity index (χ1n) is 6.12. The minimum Gasteiger partial charge on any atom is -0.325 e. The number of anilines is 1. The quantitative estimate of drug-likeness (QED) is 0.468. The second kappa shape index (κ2) is 5.66. The summed E-state index contributed by atoms with van der Waals surface area (Å²) >= 11 is 0. The molecule has 0 atom stereocenters. The number of rotatable bonds is 5. The van der Waals surface area contributed by atoms with Gasteiger partial charge in [-0.2, -0.15) is 0 Å². The first kappa shape index (κ1) is 14.0. The number of hydrogen-bond donors (Lipinski definition) is 2. The maximum absolute atomic E-state index is 11.8. The van der Waals surface area contributed by atoms with E-state index in [0.717, 1.165) is 4.90 Å². The van der Waals surface area contributed by atoms with E-state index in [-0.39, 0.29) is 24.3 Å². The highest BCUT2D eigenvalue weighted by Crippen LogP contribution is 2.24. The highest BCUT2D eigenvalue weighted by atomic mass is 16.2. The summed E-state index contributed by atoms with van der Waals surface area (Å²) in [5.41, 5.74) is 1.17. The number of nitrogens with zero attached hydrogens (tertiary/aromatic N) is 1. The molecule has 0 aliphatic carbocycles. The molecule has 0 spiro atoms. The Bertz CT molecular complexity index is 595. The molecule has 0 bridgehead atoms. The minimum absolute atomic E-state index is 0.149. The van der Waals surface area contributed by atoms with Crippen LogP contribution < -0.4 is 10.6 Å². The molecule has 104 valence electrons. The van der Waals surface area contributed by atoms with Gasteiger partial charge in [0.1, 0.15) is 0 Å². The van der Waals surface area contributed by atoms with E-state index >= 15 is 0 Å². The van der Waals surface area contributed by atoms with E-state index in [1.165, 1.54) is 13.1 Å². The van der Waals surface area contributed by atoms with Crippen LogP contribution >= 0.6 is 0 Å². The Morgan fingerprint density at radius 1 is 1.30 bits per heavy atom. The van der Waals surface area contributed by atoms with Crippen LogP contribution in [0.1, 0.15) is 20.7 Å². The summed E-state index contributed by atoms with van der Waals surface area (Å²) in [6, 6.07) is 4.67. The van der Waals surface area contributed by atoms with Gasteiger partial charge in [0.05, 0.1) is 17.7 Å². The average Bonchev–Trinajstić information content (AvgIpc) is 2.64. The fraction of sp³-hybridized carbons (Fsp3) is 0.214. The Kier molecular flexibility index (Phi) is 3.95. The summed E-state index contributed by atoms with van der Waals surface area (Å²) in [5, 5.41) is 5.53. The molecule has 1 heterocycles. The zero-order valence-electron chi connectivity index (χ0n) is 11.1. The van der Waals surface area contributed by atoms with Gasteiger partial charge in [-0.05, 0) is 18.2 Å². The summed E-state index contributed by atoms with van der Waals surface area (Å²) < 4.78 is 0. The first-order chi connectivity index (χ1) is 9.54. The monoisotopic (exact) mass is 273 g/mol. The van der Waals surface area contributed by atoms with Gasteiger partial charge in [0.25, 0.3) is 11.8 Å². The molecule has 6 nitrogen and oxygen atoms in total. The van der Waals surface area contributed by atoms with Gasteiger partial charge in [-0.25, -0.2) is 0 Å². The van der Waals surface area contributed by atoms with Crippen LogP contribution in [0.25, 0.3) is 0 Å². The number of carbonyl (C=O) groups is 3. The zero-order valence-corrected chi connectivity index (χ0v) is 11.1. The van der Waals surface area contributed by atoms with E-state index in [1.807, 2.05) is 0 Å². The SMILES string of the molecule is C=CCNCC(=O)Nc1ccc2c(c1)C(=O)N(C)C2=O. The molecule has 1 aliphatic rings. The lowest BCUT2D eigenvalue weighted by Crippen LogP contribution is -2.28. The molecule has 0 fully saturated rings. The second-order valence-electron chi connectivity index (χ2n) is 4.40. The highest BCUT2D eigenvalue weighted by molar-refractivity contribution is 6.21. The van der Waals surface area contributed by atoms with Crippen LogP contribution in [-0.2, 0) is 4.79 Å². The van der Waals surface area contributed by atoms with Crippen molar-refractivity contribution in [2.45, 2.75) is 0 Å². The number of amides is 3. The van der Waals surface area contributed by atoms with E-state index < -0.39 is 0 Å². The van der Waals surface area contributed by atoms with E-state index in [0.29, 0.717) is 23.4 Å². The summed E-state index contributed by atoms with van der Waals surface area (Å²) in [7, 11) is 1.43. The molecule has 0 unspecified atom stereocenters.